The maximum atomic E-state index is 11.2. The molecule has 0 fully saturated rings. The first-order valence-electron chi connectivity index (χ1n) is 5.48. The van der Waals surface area contributed by atoms with Crippen molar-refractivity contribution in [2.24, 2.45) is 0 Å². The van der Waals surface area contributed by atoms with Gasteiger partial charge in [0.05, 0.1) is 6.42 Å². The summed E-state index contributed by atoms with van der Waals surface area (Å²) in [7, 11) is 0. The monoisotopic (exact) mass is 235 g/mol. The smallest absolute Gasteiger partial charge is 0.351 e. The van der Waals surface area contributed by atoms with E-state index in [0.29, 0.717) is 12.2 Å². The van der Waals surface area contributed by atoms with Gasteiger partial charge in [0.25, 0.3) is 0 Å². The third-order valence-corrected chi connectivity index (χ3v) is 1.91. The van der Waals surface area contributed by atoms with E-state index in [4.69, 9.17) is 4.74 Å². The van der Waals surface area contributed by atoms with Gasteiger partial charge < -0.3 is 9.47 Å². The maximum absolute atomic E-state index is 11.2. The zero-order chi connectivity index (χ0) is 12.5. The fourth-order valence-corrected chi connectivity index (χ4v) is 1.10. The van der Waals surface area contributed by atoms with E-state index in [0.717, 1.165) is 6.42 Å². The molecule has 0 atom stereocenters. The Bertz CT molecular complexity index is 359. The van der Waals surface area contributed by atoms with Crippen molar-refractivity contribution in [1.82, 2.24) is 0 Å². The lowest BCUT2D eigenvalue weighted by Crippen LogP contribution is -2.19. The lowest BCUT2D eigenvalue weighted by atomic mass is 10.2. The summed E-state index contributed by atoms with van der Waals surface area (Å²) in [6.45, 7) is 1.67. The molecule has 0 unspecified atom stereocenters. The van der Waals surface area contributed by atoms with Crippen LogP contribution in [0.1, 0.15) is 19.8 Å². The molecule has 1 aromatic carbocycles. The Morgan fingerprint density at radius 1 is 1.24 bits per heavy atom. The number of carbonyl (C=O) groups is 2. The van der Waals surface area contributed by atoms with Gasteiger partial charge in [0.1, 0.15) is 5.75 Å². The summed E-state index contributed by atoms with van der Waals surface area (Å²) in [4.78, 5) is 22.3. The number of para-hydroxylation sites is 1. The maximum Gasteiger partial charge on any atom is 0.351 e. The van der Waals surface area contributed by atoms with Gasteiger partial charge in [0, 0.05) is 0 Å². The van der Waals surface area contributed by atoms with Crippen molar-refractivity contribution in [2.45, 2.75) is 19.8 Å². The Hall–Kier alpha value is -1.84. The summed E-state index contributed by atoms with van der Waals surface area (Å²) in [5, 5.41) is 0. The Balaban J connectivity index is 2.24. The van der Waals surface area contributed by atoms with Crippen LogP contribution in [0.4, 0.5) is 0 Å². The van der Waals surface area contributed by atoms with Gasteiger partial charge in [0.15, 0.2) is 6.61 Å². The molecule has 0 spiro atoms. The second kappa shape index (κ2) is 7.44. The first-order chi connectivity index (χ1) is 8.22. The van der Waals surface area contributed by atoms with Crippen LogP contribution < -0.4 is 4.74 Å². The van der Waals surface area contributed by atoms with E-state index in [-0.39, 0.29) is 6.61 Å². The van der Waals surface area contributed by atoms with Crippen molar-refractivity contribution in [3.8, 4) is 5.75 Å². The quantitative estimate of drug-likeness (QED) is 0.560. The fraction of sp³-hybridized carbons (Fsp3) is 0.308. The van der Waals surface area contributed by atoms with E-state index < -0.39 is 11.9 Å². The van der Waals surface area contributed by atoms with E-state index in [9.17, 15) is 9.59 Å². The van der Waals surface area contributed by atoms with Crippen molar-refractivity contribution in [3.63, 3.8) is 0 Å². The van der Waals surface area contributed by atoms with Crippen molar-refractivity contribution in [1.29, 1.82) is 0 Å². The Morgan fingerprint density at radius 2 is 1.94 bits per heavy atom. The van der Waals surface area contributed by atoms with Gasteiger partial charge >= 0.3 is 11.9 Å². The van der Waals surface area contributed by atoms with Gasteiger partial charge in [-0.15, -0.1) is 0 Å². The molecule has 17 heavy (non-hydrogen) atoms. The third-order valence-electron chi connectivity index (χ3n) is 1.91. The molecular formula is C13H15O4. The molecule has 0 aliphatic carbocycles. The van der Waals surface area contributed by atoms with Crippen LogP contribution in [0.5, 0.6) is 5.75 Å². The summed E-state index contributed by atoms with van der Waals surface area (Å²) in [5.74, 6) is -0.742. The molecule has 91 valence electrons. The zero-order valence-electron chi connectivity index (χ0n) is 9.72. The highest BCUT2D eigenvalue weighted by Crippen LogP contribution is 2.08. The minimum atomic E-state index is -0.689. The van der Waals surface area contributed by atoms with Crippen molar-refractivity contribution >= 4 is 11.9 Å². The van der Waals surface area contributed by atoms with E-state index >= 15 is 0 Å². The van der Waals surface area contributed by atoms with E-state index in [2.05, 4.69) is 4.74 Å². The zero-order valence-corrected chi connectivity index (χ0v) is 9.72. The number of carbonyl (C=O) groups excluding carboxylic acids is 2. The molecule has 4 heteroatoms. The summed E-state index contributed by atoms with van der Waals surface area (Å²) in [6.07, 6.45) is 2.79. The van der Waals surface area contributed by atoms with Gasteiger partial charge in [-0.2, -0.15) is 0 Å². The number of unbranched alkanes of at least 4 members (excludes halogenated alkanes) is 1. The predicted molar refractivity (Wildman–Crippen MR) is 62.2 cm³/mol. The number of benzene rings is 1. The van der Waals surface area contributed by atoms with Crippen molar-refractivity contribution in [3.05, 3.63) is 36.8 Å². The van der Waals surface area contributed by atoms with Crippen LogP contribution in [0.15, 0.2) is 30.3 Å². The molecule has 0 bridgehead atoms. The molecule has 1 aromatic rings. The second-order valence-corrected chi connectivity index (χ2v) is 3.39. The highest BCUT2D eigenvalue weighted by atomic mass is 16.6. The molecule has 1 radical (unpaired) electrons. The second-order valence-electron chi connectivity index (χ2n) is 3.39. The lowest BCUT2D eigenvalue weighted by Gasteiger charge is -2.05. The number of ether oxygens (including phenoxy) is 2. The lowest BCUT2D eigenvalue weighted by molar-refractivity contribution is -0.158. The molecule has 0 aliphatic rings. The van der Waals surface area contributed by atoms with Crippen LogP contribution in [0.2, 0.25) is 0 Å². The van der Waals surface area contributed by atoms with Crippen LogP contribution >= 0.6 is 0 Å². The molecule has 4 nitrogen and oxygen atoms in total. The average molecular weight is 235 g/mol. The molecular weight excluding hydrogens is 220 g/mol. The van der Waals surface area contributed by atoms with E-state index in [1.807, 2.05) is 13.0 Å². The minimum absolute atomic E-state index is 0.268. The van der Waals surface area contributed by atoms with Crippen LogP contribution in [-0.4, -0.2) is 18.5 Å². The molecule has 0 heterocycles. The van der Waals surface area contributed by atoms with Gasteiger partial charge in [-0.05, 0) is 18.6 Å². The molecule has 0 amide bonds. The fourth-order valence-electron chi connectivity index (χ4n) is 1.10. The van der Waals surface area contributed by atoms with Crippen LogP contribution in [-0.2, 0) is 14.3 Å². The Kier molecular flexibility index (Phi) is 5.79. The van der Waals surface area contributed by atoms with Gasteiger partial charge in [0.2, 0.25) is 0 Å². The number of rotatable bonds is 6. The van der Waals surface area contributed by atoms with E-state index in [1.54, 1.807) is 24.3 Å². The van der Waals surface area contributed by atoms with Crippen LogP contribution in [0, 0.1) is 6.42 Å². The summed E-state index contributed by atoms with van der Waals surface area (Å²) in [5.41, 5.74) is 0. The Labute approximate surface area is 101 Å². The van der Waals surface area contributed by atoms with E-state index in [1.165, 1.54) is 6.42 Å². The normalized spacial score (nSPS) is 9.71. The van der Waals surface area contributed by atoms with Crippen molar-refractivity contribution < 1.29 is 19.1 Å². The highest BCUT2D eigenvalue weighted by Gasteiger charge is 2.10. The number of esters is 2. The van der Waals surface area contributed by atoms with Gasteiger partial charge in [-0.3, -0.25) is 4.79 Å². The van der Waals surface area contributed by atoms with Crippen LogP contribution in [0.3, 0.4) is 0 Å². The molecule has 0 aliphatic heterocycles. The number of hydrogen-bond acceptors (Lipinski definition) is 4. The molecule has 1 rings (SSSR count). The molecule has 0 aromatic heterocycles. The SMILES string of the molecule is CCC[CH]C(=O)OC(=O)COc1ccccc1. The predicted octanol–water partition coefficient (Wildman–Crippen LogP) is 2.14. The first kappa shape index (κ1) is 13.2. The standard InChI is InChI=1S/C13H15O4/c1-2-3-9-12(14)17-13(15)10-16-11-7-5-4-6-8-11/h4-9H,2-3,10H2,1H3. The summed E-state index contributed by atoms with van der Waals surface area (Å²) >= 11 is 0. The summed E-state index contributed by atoms with van der Waals surface area (Å²) in [6, 6.07) is 8.87. The number of hydrogen-bond donors (Lipinski definition) is 0. The van der Waals surface area contributed by atoms with Crippen molar-refractivity contribution in [2.75, 3.05) is 6.61 Å². The first-order valence-corrected chi connectivity index (χ1v) is 5.48. The third kappa shape index (κ3) is 5.70. The van der Waals surface area contributed by atoms with Crippen LogP contribution in [0.25, 0.3) is 0 Å². The highest BCUT2D eigenvalue weighted by molar-refractivity contribution is 5.90. The molecule has 0 N–H and O–H groups in total. The van der Waals surface area contributed by atoms with Gasteiger partial charge in [-0.1, -0.05) is 31.5 Å². The minimum Gasteiger partial charge on any atom is -0.482 e. The van der Waals surface area contributed by atoms with Gasteiger partial charge in [-0.25, -0.2) is 4.79 Å². The molecule has 0 saturated heterocycles. The molecule has 0 saturated carbocycles. The Morgan fingerprint density at radius 3 is 2.59 bits per heavy atom. The average Bonchev–Trinajstić information content (AvgIpc) is 2.35. The summed E-state index contributed by atoms with van der Waals surface area (Å²) < 4.78 is 9.65. The topological polar surface area (TPSA) is 52.6 Å². The largest absolute Gasteiger partial charge is 0.482 e.